The lowest BCUT2D eigenvalue weighted by molar-refractivity contribution is -0.122. The Labute approximate surface area is 218 Å². The summed E-state index contributed by atoms with van der Waals surface area (Å²) in [5.74, 6) is 0.240. The standard InChI is InChI=1S/C28H24N4O2S2/c1-19-10-12-21(13-11-19)18-29-25-22(26(33)31-15-6-5-9-24(31)30-25)17-23-27(34)32(28(35)36-23)16-14-20-7-3-2-4-8-20/h2-13,15,17,29H,14,16,18H2,1H3. The highest BCUT2D eigenvalue weighted by atomic mass is 32.2. The topological polar surface area (TPSA) is 66.7 Å². The number of nitrogens with one attached hydrogen (secondary N) is 1. The minimum absolute atomic E-state index is 0.192. The van der Waals surface area contributed by atoms with Crippen LogP contribution < -0.4 is 10.9 Å². The number of pyridine rings is 1. The highest BCUT2D eigenvalue weighted by molar-refractivity contribution is 8.26. The molecule has 0 atom stereocenters. The Bertz CT molecular complexity index is 1530. The van der Waals surface area contributed by atoms with Gasteiger partial charge < -0.3 is 5.32 Å². The third-order valence-electron chi connectivity index (χ3n) is 5.97. The average Bonchev–Trinajstić information content (AvgIpc) is 3.16. The molecule has 0 unspecified atom stereocenters. The Morgan fingerprint density at radius 3 is 2.50 bits per heavy atom. The molecule has 5 rings (SSSR count). The molecule has 36 heavy (non-hydrogen) atoms. The minimum atomic E-state index is -0.249. The van der Waals surface area contributed by atoms with Gasteiger partial charge in [0.2, 0.25) is 0 Å². The number of nitrogens with zero attached hydrogens (tertiary/aromatic N) is 3. The van der Waals surface area contributed by atoms with Gasteiger partial charge in [-0.3, -0.25) is 18.9 Å². The first-order valence-electron chi connectivity index (χ1n) is 11.6. The quantitative estimate of drug-likeness (QED) is 0.276. The normalized spacial score (nSPS) is 14.7. The Hall–Kier alpha value is -3.75. The zero-order chi connectivity index (χ0) is 25.1. The Balaban J connectivity index is 1.46. The SMILES string of the molecule is Cc1ccc(CNc2nc3ccccn3c(=O)c2C=C2SC(=S)N(CCc3ccccc3)C2=O)cc1. The summed E-state index contributed by atoms with van der Waals surface area (Å²) < 4.78 is 1.98. The minimum Gasteiger partial charge on any atom is -0.365 e. The van der Waals surface area contributed by atoms with Gasteiger partial charge in [0, 0.05) is 19.3 Å². The van der Waals surface area contributed by atoms with Crippen molar-refractivity contribution >= 4 is 51.7 Å². The fourth-order valence-corrected chi connectivity index (χ4v) is 5.26. The van der Waals surface area contributed by atoms with E-state index in [4.69, 9.17) is 17.2 Å². The van der Waals surface area contributed by atoms with E-state index in [1.165, 1.54) is 21.7 Å². The fraction of sp³-hybridized carbons (Fsp3) is 0.143. The molecule has 1 N–H and O–H groups in total. The smallest absolute Gasteiger partial charge is 0.267 e. The molecule has 0 saturated carbocycles. The van der Waals surface area contributed by atoms with Crippen molar-refractivity contribution in [3.63, 3.8) is 0 Å². The number of aromatic nitrogens is 2. The Morgan fingerprint density at radius 2 is 1.72 bits per heavy atom. The number of hydrogen-bond donors (Lipinski definition) is 1. The van der Waals surface area contributed by atoms with Crippen molar-refractivity contribution in [1.29, 1.82) is 0 Å². The summed E-state index contributed by atoms with van der Waals surface area (Å²) >= 11 is 6.72. The molecule has 0 bridgehead atoms. The average molecular weight is 513 g/mol. The second-order valence-corrected chi connectivity index (χ2v) is 10.2. The molecule has 0 aliphatic carbocycles. The maximum absolute atomic E-state index is 13.4. The van der Waals surface area contributed by atoms with Crippen molar-refractivity contribution in [3.8, 4) is 0 Å². The zero-order valence-electron chi connectivity index (χ0n) is 19.7. The highest BCUT2D eigenvalue weighted by Crippen LogP contribution is 2.33. The van der Waals surface area contributed by atoms with Crippen LogP contribution in [0.1, 0.15) is 22.3 Å². The molecule has 3 heterocycles. The van der Waals surface area contributed by atoms with E-state index in [2.05, 4.69) is 5.32 Å². The van der Waals surface area contributed by atoms with E-state index in [0.717, 1.165) is 11.1 Å². The Morgan fingerprint density at radius 1 is 0.972 bits per heavy atom. The van der Waals surface area contributed by atoms with Gasteiger partial charge in [-0.15, -0.1) is 0 Å². The largest absolute Gasteiger partial charge is 0.365 e. The van der Waals surface area contributed by atoms with Crippen LogP contribution in [0.2, 0.25) is 0 Å². The van der Waals surface area contributed by atoms with Gasteiger partial charge in [0.25, 0.3) is 11.5 Å². The molecular formula is C28H24N4O2S2. The van der Waals surface area contributed by atoms with Crippen LogP contribution in [0.25, 0.3) is 11.7 Å². The molecule has 1 saturated heterocycles. The molecule has 8 heteroatoms. The summed E-state index contributed by atoms with van der Waals surface area (Å²) in [6.07, 6.45) is 4.00. The third kappa shape index (κ3) is 5.10. The van der Waals surface area contributed by atoms with Crippen LogP contribution in [-0.2, 0) is 17.8 Å². The second-order valence-electron chi connectivity index (χ2n) is 8.52. The molecule has 2 aromatic carbocycles. The number of rotatable bonds is 7. The van der Waals surface area contributed by atoms with Crippen LogP contribution in [-0.4, -0.2) is 31.1 Å². The summed E-state index contributed by atoms with van der Waals surface area (Å²) in [7, 11) is 0. The molecule has 1 fully saturated rings. The number of hydrogen-bond acceptors (Lipinski definition) is 6. The number of thioether (sulfide) groups is 1. The maximum atomic E-state index is 13.4. The van der Waals surface area contributed by atoms with Crippen molar-refractivity contribution in [2.45, 2.75) is 19.9 Å². The van der Waals surface area contributed by atoms with E-state index in [1.807, 2.05) is 67.6 Å². The van der Waals surface area contributed by atoms with E-state index in [9.17, 15) is 9.59 Å². The van der Waals surface area contributed by atoms with Gasteiger partial charge in [-0.2, -0.15) is 0 Å². The van der Waals surface area contributed by atoms with Crippen molar-refractivity contribution in [3.05, 3.63) is 117 Å². The third-order valence-corrected chi connectivity index (χ3v) is 7.34. The maximum Gasteiger partial charge on any atom is 0.267 e. The molecule has 1 amide bonds. The van der Waals surface area contributed by atoms with Crippen LogP contribution in [0.5, 0.6) is 0 Å². The predicted molar refractivity (Wildman–Crippen MR) is 150 cm³/mol. The van der Waals surface area contributed by atoms with Crippen LogP contribution in [0.3, 0.4) is 0 Å². The van der Waals surface area contributed by atoms with Crippen LogP contribution in [0.15, 0.2) is 88.7 Å². The number of anilines is 1. The van der Waals surface area contributed by atoms with Gasteiger partial charge in [-0.05, 0) is 42.7 Å². The summed E-state index contributed by atoms with van der Waals surface area (Å²) in [5.41, 5.74) is 3.98. The molecule has 1 aliphatic rings. The summed E-state index contributed by atoms with van der Waals surface area (Å²) in [4.78, 5) is 33.4. The van der Waals surface area contributed by atoms with E-state index in [0.29, 0.717) is 45.8 Å². The van der Waals surface area contributed by atoms with Crippen molar-refractivity contribution in [2.24, 2.45) is 0 Å². The number of aryl methyl sites for hydroxylation is 1. The first-order chi connectivity index (χ1) is 17.5. The number of amides is 1. The number of carbonyl (C=O) groups excluding carboxylic acids is 1. The molecule has 180 valence electrons. The molecule has 4 aromatic rings. The van der Waals surface area contributed by atoms with Gasteiger partial charge in [-0.1, -0.05) is 90.2 Å². The van der Waals surface area contributed by atoms with E-state index >= 15 is 0 Å². The lowest BCUT2D eigenvalue weighted by Crippen LogP contribution is -2.30. The van der Waals surface area contributed by atoms with Crippen molar-refractivity contribution < 1.29 is 4.79 Å². The molecule has 0 radical (unpaired) electrons. The summed E-state index contributed by atoms with van der Waals surface area (Å²) in [6, 6.07) is 23.5. The summed E-state index contributed by atoms with van der Waals surface area (Å²) in [5, 5.41) is 3.30. The van der Waals surface area contributed by atoms with Gasteiger partial charge in [0.05, 0.1) is 10.5 Å². The van der Waals surface area contributed by atoms with Crippen LogP contribution in [0.4, 0.5) is 5.82 Å². The highest BCUT2D eigenvalue weighted by Gasteiger charge is 2.32. The number of fused-ring (bicyclic) bond motifs is 1. The lowest BCUT2D eigenvalue weighted by atomic mass is 10.1. The van der Waals surface area contributed by atoms with E-state index in [-0.39, 0.29) is 11.5 Å². The first kappa shape index (κ1) is 24.0. The molecular weight excluding hydrogens is 488 g/mol. The summed E-state index contributed by atoms with van der Waals surface area (Å²) in [6.45, 7) is 3.02. The van der Waals surface area contributed by atoms with Gasteiger partial charge in [-0.25, -0.2) is 4.98 Å². The van der Waals surface area contributed by atoms with Crippen molar-refractivity contribution in [2.75, 3.05) is 11.9 Å². The predicted octanol–water partition coefficient (Wildman–Crippen LogP) is 5.06. The van der Waals surface area contributed by atoms with Gasteiger partial charge >= 0.3 is 0 Å². The van der Waals surface area contributed by atoms with Crippen molar-refractivity contribution in [1.82, 2.24) is 14.3 Å². The monoisotopic (exact) mass is 512 g/mol. The molecule has 2 aromatic heterocycles. The van der Waals surface area contributed by atoms with E-state index in [1.54, 1.807) is 29.3 Å². The number of thiocarbonyl (C=S) groups is 1. The fourth-order valence-electron chi connectivity index (χ4n) is 3.97. The van der Waals surface area contributed by atoms with Gasteiger partial charge in [0.1, 0.15) is 15.8 Å². The number of carbonyl (C=O) groups is 1. The Kier molecular flexibility index (Phi) is 6.97. The zero-order valence-corrected chi connectivity index (χ0v) is 21.3. The molecule has 0 spiro atoms. The van der Waals surface area contributed by atoms with Crippen LogP contribution in [0, 0.1) is 6.92 Å². The second kappa shape index (κ2) is 10.5. The molecule has 1 aliphatic heterocycles. The lowest BCUT2D eigenvalue weighted by Gasteiger charge is -2.14. The molecule has 6 nitrogen and oxygen atoms in total. The van der Waals surface area contributed by atoms with E-state index < -0.39 is 0 Å². The van der Waals surface area contributed by atoms with Gasteiger partial charge in [0.15, 0.2) is 0 Å². The first-order valence-corrected chi connectivity index (χ1v) is 12.8. The van der Waals surface area contributed by atoms with Crippen LogP contribution >= 0.6 is 24.0 Å². The number of benzene rings is 2.